The molecule has 3 aromatic carbocycles. The van der Waals surface area contributed by atoms with Gasteiger partial charge in [0.1, 0.15) is 34.7 Å². The lowest BCUT2D eigenvalue weighted by Gasteiger charge is -2.23. The number of amides is 2. The standard InChI is InChI=1S/C33H35N7O5/c1-4-39-27(17-21(2)38-39)32(43)37-33-36-26-18-23(31(34)42)19-28(44-3)30(26)40(33)29(11-8-16-41)35-20-22-12-14-25(15-13-22)45-24-9-6-5-7-10-24/h5-7,9-10,12-19,29,35H,4,8,11,20H2,1-3H3,(H2,34,42)(H,36,37,43). The van der Waals surface area contributed by atoms with Crippen molar-refractivity contribution >= 4 is 35.1 Å². The van der Waals surface area contributed by atoms with Crippen LogP contribution in [0.5, 0.6) is 17.2 Å². The van der Waals surface area contributed by atoms with Crippen LogP contribution in [0.1, 0.15) is 58.0 Å². The molecule has 0 aliphatic heterocycles. The van der Waals surface area contributed by atoms with Crippen LogP contribution in [0.2, 0.25) is 0 Å². The van der Waals surface area contributed by atoms with Crippen LogP contribution in [-0.2, 0) is 17.9 Å². The number of aldehydes is 1. The minimum Gasteiger partial charge on any atom is -0.494 e. The Labute approximate surface area is 260 Å². The van der Waals surface area contributed by atoms with E-state index in [2.05, 4.69) is 15.7 Å². The van der Waals surface area contributed by atoms with E-state index in [1.54, 1.807) is 21.4 Å². The zero-order chi connectivity index (χ0) is 31.9. The summed E-state index contributed by atoms with van der Waals surface area (Å²) in [6.45, 7) is 4.63. The summed E-state index contributed by atoms with van der Waals surface area (Å²) in [5, 5.41) is 10.8. The van der Waals surface area contributed by atoms with Crippen LogP contribution in [0.4, 0.5) is 5.95 Å². The Hall–Kier alpha value is -5.49. The molecule has 0 bridgehead atoms. The van der Waals surface area contributed by atoms with E-state index in [0.29, 0.717) is 53.4 Å². The molecule has 0 radical (unpaired) electrons. The summed E-state index contributed by atoms with van der Waals surface area (Å²) in [5.74, 6) is 0.920. The van der Waals surface area contributed by atoms with E-state index in [4.69, 9.17) is 20.2 Å². The number of nitrogens with one attached hydrogen (secondary N) is 2. The highest BCUT2D eigenvalue weighted by Gasteiger charge is 2.25. The summed E-state index contributed by atoms with van der Waals surface area (Å²) in [7, 11) is 1.48. The van der Waals surface area contributed by atoms with Gasteiger partial charge in [-0.1, -0.05) is 30.3 Å². The van der Waals surface area contributed by atoms with Crippen LogP contribution in [0.3, 0.4) is 0 Å². The van der Waals surface area contributed by atoms with Crippen LogP contribution in [-0.4, -0.2) is 44.5 Å². The van der Waals surface area contributed by atoms with Crippen LogP contribution < -0.4 is 25.8 Å². The maximum Gasteiger partial charge on any atom is 0.276 e. The number of aromatic nitrogens is 4. The Morgan fingerprint density at radius 1 is 1.04 bits per heavy atom. The molecule has 0 saturated heterocycles. The number of methoxy groups -OCH3 is 1. The molecule has 5 aromatic rings. The van der Waals surface area contributed by atoms with E-state index in [0.717, 1.165) is 17.6 Å². The lowest BCUT2D eigenvalue weighted by Crippen LogP contribution is -2.29. The van der Waals surface area contributed by atoms with Gasteiger partial charge in [-0.2, -0.15) is 5.10 Å². The summed E-state index contributed by atoms with van der Waals surface area (Å²) < 4.78 is 15.0. The number of ether oxygens (including phenoxy) is 2. The second-order valence-electron chi connectivity index (χ2n) is 10.4. The lowest BCUT2D eigenvalue weighted by molar-refractivity contribution is -0.108. The second kappa shape index (κ2) is 13.9. The number of nitrogens with zero attached hydrogens (tertiary/aromatic N) is 4. The highest BCUT2D eigenvalue weighted by Crippen LogP contribution is 2.34. The van der Waals surface area contributed by atoms with Gasteiger partial charge in [-0.15, -0.1) is 0 Å². The van der Waals surface area contributed by atoms with Crippen molar-refractivity contribution in [2.24, 2.45) is 5.73 Å². The molecule has 2 amide bonds. The van der Waals surface area contributed by atoms with Gasteiger partial charge in [0.05, 0.1) is 24.5 Å². The fraction of sp³-hybridized carbons (Fsp3) is 0.242. The number of rotatable bonds is 14. The predicted molar refractivity (Wildman–Crippen MR) is 170 cm³/mol. The van der Waals surface area contributed by atoms with Crippen molar-refractivity contribution in [1.82, 2.24) is 24.6 Å². The molecular weight excluding hydrogens is 574 g/mol. The highest BCUT2D eigenvalue weighted by atomic mass is 16.5. The molecule has 0 saturated carbocycles. The van der Waals surface area contributed by atoms with Crippen molar-refractivity contribution in [2.45, 2.75) is 45.9 Å². The van der Waals surface area contributed by atoms with Gasteiger partial charge in [0, 0.05) is 25.1 Å². The first-order valence-electron chi connectivity index (χ1n) is 14.6. The number of hydrogen-bond donors (Lipinski definition) is 3. The summed E-state index contributed by atoms with van der Waals surface area (Å²) in [4.78, 5) is 41.9. The number of aryl methyl sites for hydroxylation is 2. The molecule has 0 spiro atoms. The number of carbonyl (C=O) groups is 3. The highest BCUT2D eigenvalue weighted by molar-refractivity contribution is 6.04. The average molecular weight is 610 g/mol. The quantitative estimate of drug-likeness (QED) is 0.149. The summed E-state index contributed by atoms with van der Waals surface area (Å²) in [6, 6.07) is 22.0. The van der Waals surface area contributed by atoms with Crippen LogP contribution in [0.15, 0.2) is 72.8 Å². The molecule has 2 aromatic heterocycles. The van der Waals surface area contributed by atoms with Crippen LogP contribution in [0, 0.1) is 6.92 Å². The number of nitrogens with two attached hydrogens (primary N) is 1. The van der Waals surface area contributed by atoms with Crippen molar-refractivity contribution in [2.75, 3.05) is 12.4 Å². The maximum absolute atomic E-state index is 13.5. The van der Waals surface area contributed by atoms with Crippen molar-refractivity contribution in [3.05, 3.63) is 95.3 Å². The van der Waals surface area contributed by atoms with E-state index in [1.165, 1.54) is 13.2 Å². The number of imidazole rings is 1. The van der Waals surface area contributed by atoms with Crippen molar-refractivity contribution in [3.8, 4) is 17.2 Å². The van der Waals surface area contributed by atoms with Crippen LogP contribution >= 0.6 is 0 Å². The third kappa shape index (κ3) is 7.02. The molecule has 12 heteroatoms. The molecular formula is C33H35N7O5. The first-order valence-corrected chi connectivity index (χ1v) is 14.6. The predicted octanol–water partition coefficient (Wildman–Crippen LogP) is 4.98. The van der Waals surface area contributed by atoms with E-state index in [9.17, 15) is 14.4 Å². The zero-order valence-corrected chi connectivity index (χ0v) is 25.3. The zero-order valence-electron chi connectivity index (χ0n) is 25.3. The molecule has 232 valence electrons. The number of para-hydroxylation sites is 1. The number of fused-ring (bicyclic) bond motifs is 1. The van der Waals surface area contributed by atoms with E-state index >= 15 is 0 Å². The first kappa shape index (κ1) is 31.0. The Bertz CT molecular complexity index is 1810. The smallest absolute Gasteiger partial charge is 0.276 e. The van der Waals surface area contributed by atoms with Gasteiger partial charge in [-0.25, -0.2) is 4.98 Å². The second-order valence-corrected chi connectivity index (χ2v) is 10.4. The molecule has 1 unspecified atom stereocenters. The van der Waals surface area contributed by atoms with Gasteiger partial charge in [-0.05, 0) is 68.3 Å². The monoisotopic (exact) mass is 609 g/mol. The molecule has 2 heterocycles. The van der Waals surface area contributed by atoms with E-state index in [-0.39, 0.29) is 17.9 Å². The van der Waals surface area contributed by atoms with Gasteiger partial charge < -0.3 is 20.0 Å². The Kier molecular flexibility index (Phi) is 9.54. The molecule has 0 aliphatic rings. The van der Waals surface area contributed by atoms with Gasteiger partial charge in [0.2, 0.25) is 11.9 Å². The average Bonchev–Trinajstić information content (AvgIpc) is 3.61. The summed E-state index contributed by atoms with van der Waals surface area (Å²) in [5.41, 5.74) is 8.74. The number of anilines is 1. The van der Waals surface area contributed by atoms with Crippen LogP contribution in [0.25, 0.3) is 11.0 Å². The molecule has 1 atom stereocenters. The Morgan fingerprint density at radius 3 is 2.44 bits per heavy atom. The maximum atomic E-state index is 13.5. The third-order valence-corrected chi connectivity index (χ3v) is 7.23. The lowest BCUT2D eigenvalue weighted by atomic mass is 10.1. The van der Waals surface area contributed by atoms with E-state index < -0.39 is 18.0 Å². The Morgan fingerprint density at radius 2 is 1.78 bits per heavy atom. The molecule has 0 aliphatic carbocycles. The summed E-state index contributed by atoms with van der Waals surface area (Å²) in [6.07, 6.45) is 0.937. The van der Waals surface area contributed by atoms with Gasteiger partial charge in [0.15, 0.2) is 0 Å². The van der Waals surface area contributed by atoms with Crippen molar-refractivity contribution in [3.63, 3.8) is 0 Å². The SMILES string of the molecule is CCn1nc(C)cc1C(=O)Nc1nc2cc(C(N)=O)cc(OC)c2n1C(CCC=O)NCc1ccc(Oc2ccccc2)cc1. The summed E-state index contributed by atoms with van der Waals surface area (Å²) >= 11 is 0. The number of hydrogen-bond acceptors (Lipinski definition) is 8. The largest absolute Gasteiger partial charge is 0.494 e. The molecule has 0 fully saturated rings. The van der Waals surface area contributed by atoms with Gasteiger partial charge >= 0.3 is 0 Å². The normalized spacial score (nSPS) is 11.7. The minimum atomic E-state index is -0.645. The van der Waals surface area contributed by atoms with E-state index in [1.807, 2.05) is 68.4 Å². The molecule has 12 nitrogen and oxygen atoms in total. The third-order valence-electron chi connectivity index (χ3n) is 7.23. The molecule has 4 N–H and O–H groups in total. The molecule has 5 rings (SSSR count). The van der Waals surface area contributed by atoms with Gasteiger partial charge in [-0.3, -0.25) is 29.5 Å². The van der Waals surface area contributed by atoms with Gasteiger partial charge in [0.25, 0.3) is 5.91 Å². The molecule has 45 heavy (non-hydrogen) atoms. The van der Waals surface area contributed by atoms with Crippen molar-refractivity contribution in [1.29, 1.82) is 0 Å². The number of carbonyl (C=O) groups excluding carboxylic acids is 3. The first-order chi connectivity index (χ1) is 21.8. The fourth-order valence-electron chi connectivity index (χ4n) is 5.10. The minimum absolute atomic E-state index is 0.200. The number of primary amides is 1. The topological polar surface area (TPSA) is 155 Å². The van der Waals surface area contributed by atoms with Crippen molar-refractivity contribution < 1.29 is 23.9 Å². The Balaban J connectivity index is 1.50. The number of benzene rings is 3. The fourth-order valence-corrected chi connectivity index (χ4v) is 5.10.